The summed E-state index contributed by atoms with van der Waals surface area (Å²) in [6, 6.07) is 0.451. The highest BCUT2D eigenvalue weighted by Gasteiger charge is 2.20. The molecule has 0 fully saturated rings. The minimum atomic E-state index is 0.451. The van der Waals surface area contributed by atoms with Crippen molar-refractivity contribution in [2.75, 3.05) is 5.75 Å². The average molecular weight is 211 g/mol. The number of nitrogens with zero attached hydrogens (tertiary/aromatic N) is 2. The normalized spacial score (nSPS) is 16.0. The molecule has 0 atom stereocenters. The summed E-state index contributed by atoms with van der Waals surface area (Å²) in [7, 11) is 0. The van der Waals surface area contributed by atoms with E-state index in [4.69, 9.17) is 5.73 Å². The Hall–Kier alpha value is -0.480. The Kier molecular flexibility index (Phi) is 2.83. The third-order valence-electron chi connectivity index (χ3n) is 2.61. The fraction of sp³-hybridized carbons (Fsp3) is 0.700. The van der Waals surface area contributed by atoms with Crippen molar-refractivity contribution in [3.05, 3.63) is 17.0 Å². The molecular formula is C10H17N3S. The van der Waals surface area contributed by atoms with Gasteiger partial charge in [-0.25, -0.2) is 0 Å². The van der Waals surface area contributed by atoms with Gasteiger partial charge in [-0.2, -0.15) is 16.9 Å². The van der Waals surface area contributed by atoms with E-state index in [1.54, 1.807) is 0 Å². The first-order chi connectivity index (χ1) is 6.74. The Bertz CT molecular complexity index is 330. The molecule has 0 saturated heterocycles. The fourth-order valence-electron chi connectivity index (χ4n) is 1.92. The molecule has 1 aliphatic rings. The quantitative estimate of drug-likeness (QED) is 0.810. The number of rotatable bonds is 2. The summed E-state index contributed by atoms with van der Waals surface area (Å²) in [5, 5.41) is 4.59. The number of aromatic nitrogens is 2. The summed E-state index contributed by atoms with van der Waals surface area (Å²) in [6.45, 7) is 4.92. The summed E-state index contributed by atoms with van der Waals surface area (Å²) in [5.41, 5.74) is 9.62. The van der Waals surface area contributed by atoms with E-state index < -0.39 is 0 Å². The van der Waals surface area contributed by atoms with Gasteiger partial charge in [0.15, 0.2) is 0 Å². The maximum atomic E-state index is 5.70. The van der Waals surface area contributed by atoms with Gasteiger partial charge in [-0.1, -0.05) is 0 Å². The molecule has 0 saturated carbocycles. The average Bonchev–Trinajstić information content (AvgIpc) is 2.56. The maximum absolute atomic E-state index is 5.70. The lowest BCUT2D eigenvalue weighted by Crippen LogP contribution is -2.11. The van der Waals surface area contributed by atoms with Gasteiger partial charge >= 0.3 is 0 Å². The van der Waals surface area contributed by atoms with Crippen molar-refractivity contribution in [3.8, 4) is 0 Å². The molecule has 0 aliphatic carbocycles. The molecule has 14 heavy (non-hydrogen) atoms. The topological polar surface area (TPSA) is 43.8 Å². The van der Waals surface area contributed by atoms with E-state index in [0.29, 0.717) is 12.6 Å². The van der Waals surface area contributed by atoms with Crippen LogP contribution in [0.1, 0.15) is 36.8 Å². The largest absolute Gasteiger partial charge is 0.325 e. The number of hydrogen-bond acceptors (Lipinski definition) is 3. The number of nitrogens with two attached hydrogens (primary N) is 1. The Balaban J connectivity index is 2.46. The van der Waals surface area contributed by atoms with Crippen molar-refractivity contribution in [1.29, 1.82) is 0 Å². The molecule has 1 aliphatic heterocycles. The van der Waals surface area contributed by atoms with Crippen LogP contribution in [0.15, 0.2) is 0 Å². The number of thioether (sulfide) groups is 1. The fourth-order valence-corrected chi connectivity index (χ4v) is 2.94. The molecule has 2 rings (SSSR count). The highest BCUT2D eigenvalue weighted by molar-refractivity contribution is 7.98. The minimum absolute atomic E-state index is 0.451. The minimum Gasteiger partial charge on any atom is -0.325 e. The molecule has 78 valence electrons. The van der Waals surface area contributed by atoms with Crippen molar-refractivity contribution in [1.82, 2.24) is 9.78 Å². The van der Waals surface area contributed by atoms with Crippen LogP contribution in [0.5, 0.6) is 0 Å². The third kappa shape index (κ3) is 1.57. The van der Waals surface area contributed by atoms with Crippen LogP contribution in [0, 0.1) is 0 Å². The lowest BCUT2D eigenvalue weighted by Gasteiger charge is -2.15. The van der Waals surface area contributed by atoms with Crippen LogP contribution >= 0.6 is 11.8 Å². The van der Waals surface area contributed by atoms with E-state index in [0.717, 1.165) is 17.9 Å². The SMILES string of the molecule is CC(C)n1nc(CN)c2c1CCSC2. The Morgan fingerprint density at radius 2 is 2.36 bits per heavy atom. The highest BCUT2D eigenvalue weighted by atomic mass is 32.2. The second-order valence-corrected chi connectivity index (χ2v) is 5.02. The Labute approximate surface area is 89.1 Å². The van der Waals surface area contributed by atoms with Gasteiger partial charge in [0.2, 0.25) is 0 Å². The predicted molar refractivity (Wildman–Crippen MR) is 60.4 cm³/mol. The van der Waals surface area contributed by atoms with Crippen molar-refractivity contribution in [2.24, 2.45) is 5.73 Å². The molecule has 0 radical (unpaired) electrons. The smallest absolute Gasteiger partial charge is 0.0803 e. The molecule has 2 N–H and O–H groups in total. The predicted octanol–water partition coefficient (Wildman–Crippen LogP) is 1.71. The Morgan fingerprint density at radius 1 is 1.57 bits per heavy atom. The van der Waals surface area contributed by atoms with E-state index in [1.807, 2.05) is 11.8 Å². The summed E-state index contributed by atoms with van der Waals surface area (Å²) >= 11 is 1.98. The first kappa shape index (κ1) is 10.1. The molecular weight excluding hydrogens is 194 g/mol. The van der Waals surface area contributed by atoms with Gasteiger partial charge in [-0.15, -0.1) is 0 Å². The summed E-state index contributed by atoms with van der Waals surface area (Å²) in [6.07, 6.45) is 1.14. The molecule has 0 bridgehead atoms. The van der Waals surface area contributed by atoms with E-state index in [2.05, 4.69) is 23.6 Å². The lowest BCUT2D eigenvalue weighted by atomic mass is 10.1. The van der Waals surface area contributed by atoms with Crippen molar-refractivity contribution in [3.63, 3.8) is 0 Å². The summed E-state index contributed by atoms with van der Waals surface area (Å²) in [4.78, 5) is 0. The first-order valence-corrected chi connectivity index (χ1v) is 6.26. The zero-order valence-electron chi connectivity index (χ0n) is 8.79. The van der Waals surface area contributed by atoms with Gasteiger partial charge in [-0.3, -0.25) is 4.68 Å². The van der Waals surface area contributed by atoms with Gasteiger partial charge < -0.3 is 5.73 Å². The van der Waals surface area contributed by atoms with Crippen LogP contribution in [0.3, 0.4) is 0 Å². The van der Waals surface area contributed by atoms with Crippen LogP contribution in [0.4, 0.5) is 0 Å². The van der Waals surface area contributed by atoms with Crippen LogP contribution in [0.25, 0.3) is 0 Å². The number of fused-ring (bicyclic) bond motifs is 1. The molecule has 2 heterocycles. The Morgan fingerprint density at radius 3 is 3.00 bits per heavy atom. The molecule has 1 aromatic heterocycles. The second kappa shape index (κ2) is 3.95. The van der Waals surface area contributed by atoms with E-state index in [1.165, 1.54) is 17.0 Å². The molecule has 0 amide bonds. The van der Waals surface area contributed by atoms with E-state index >= 15 is 0 Å². The number of hydrogen-bond donors (Lipinski definition) is 1. The molecule has 4 heteroatoms. The van der Waals surface area contributed by atoms with Crippen molar-refractivity contribution in [2.45, 2.75) is 38.6 Å². The molecule has 0 unspecified atom stereocenters. The monoisotopic (exact) mass is 211 g/mol. The van der Waals surface area contributed by atoms with Gasteiger partial charge in [0.25, 0.3) is 0 Å². The summed E-state index contributed by atoms with van der Waals surface area (Å²) in [5.74, 6) is 2.31. The second-order valence-electron chi connectivity index (χ2n) is 3.92. The standard InChI is InChI=1S/C10H17N3S/c1-7(2)13-10-3-4-14-6-8(10)9(5-11)12-13/h7H,3-6,11H2,1-2H3. The lowest BCUT2D eigenvalue weighted by molar-refractivity contribution is 0.506. The maximum Gasteiger partial charge on any atom is 0.0803 e. The van der Waals surface area contributed by atoms with Crippen LogP contribution in [0.2, 0.25) is 0 Å². The summed E-state index contributed by atoms with van der Waals surface area (Å²) < 4.78 is 2.15. The van der Waals surface area contributed by atoms with Crippen molar-refractivity contribution >= 4 is 11.8 Å². The molecule has 0 aromatic carbocycles. The van der Waals surface area contributed by atoms with Crippen LogP contribution in [-0.4, -0.2) is 15.5 Å². The molecule has 0 spiro atoms. The van der Waals surface area contributed by atoms with E-state index in [-0.39, 0.29) is 0 Å². The zero-order valence-corrected chi connectivity index (χ0v) is 9.60. The highest BCUT2D eigenvalue weighted by Crippen LogP contribution is 2.28. The van der Waals surface area contributed by atoms with Gasteiger partial charge in [0.05, 0.1) is 5.69 Å². The van der Waals surface area contributed by atoms with Gasteiger partial charge in [0, 0.05) is 29.6 Å². The van der Waals surface area contributed by atoms with Crippen LogP contribution < -0.4 is 5.73 Å². The van der Waals surface area contributed by atoms with Crippen LogP contribution in [-0.2, 0) is 18.7 Å². The molecule has 1 aromatic rings. The van der Waals surface area contributed by atoms with Crippen molar-refractivity contribution < 1.29 is 0 Å². The third-order valence-corrected chi connectivity index (χ3v) is 3.60. The van der Waals surface area contributed by atoms with Gasteiger partial charge in [-0.05, 0) is 26.0 Å². The first-order valence-electron chi connectivity index (χ1n) is 5.11. The molecule has 3 nitrogen and oxygen atoms in total. The van der Waals surface area contributed by atoms with E-state index in [9.17, 15) is 0 Å². The van der Waals surface area contributed by atoms with Gasteiger partial charge in [0.1, 0.15) is 0 Å². The zero-order chi connectivity index (χ0) is 10.1.